The molecule has 0 radical (unpaired) electrons. The van der Waals surface area contributed by atoms with Gasteiger partial charge < -0.3 is 16.0 Å². The van der Waals surface area contributed by atoms with Gasteiger partial charge in [-0.2, -0.15) is 4.98 Å². The Balaban J connectivity index is 2.25. The van der Waals surface area contributed by atoms with Crippen molar-refractivity contribution in [3.63, 3.8) is 0 Å². The number of rotatable bonds is 2. The van der Waals surface area contributed by atoms with Gasteiger partial charge in [0.2, 0.25) is 17.7 Å². The van der Waals surface area contributed by atoms with Crippen molar-refractivity contribution in [3.05, 3.63) is 16.3 Å². The number of anilines is 2. The van der Waals surface area contributed by atoms with Crippen molar-refractivity contribution in [1.29, 1.82) is 0 Å². The monoisotopic (exact) mass is 238 g/mol. The van der Waals surface area contributed by atoms with E-state index in [4.69, 9.17) is 5.73 Å². The predicted octanol–water partition coefficient (Wildman–Crippen LogP) is -1.10. The molecule has 1 aromatic heterocycles. The van der Waals surface area contributed by atoms with Crippen LogP contribution < -0.4 is 16.0 Å². The van der Waals surface area contributed by atoms with E-state index < -0.39 is 4.92 Å². The Morgan fingerprint density at radius 2 is 2.35 bits per heavy atom. The molecule has 0 unspecified atom stereocenters. The Kier molecular flexibility index (Phi) is 2.73. The third-order valence-electron chi connectivity index (χ3n) is 2.30. The van der Waals surface area contributed by atoms with Gasteiger partial charge in [0.05, 0.1) is 11.5 Å². The molecule has 1 fully saturated rings. The molecule has 3 N–H and O–H groups in total. The third kappa shape index (κ3) is 2.22. The molecule has 0 aromatic carbocycles. The van der Waals surface area contributed by atoms with Gasteiger partial charge in [-0.15, -0.1) is 0 Å². The molecule has 9 heteroatoms. The molecule has 0 spiro atoms. The zero-order chi connectivity index (χ0) is 12.4. The van der Waals surface area contributed by atoms with Crippen LogP contribution in [0.1, 0.15) is 0 Å². The third-order valence-corrected chi connectivity index (χ3v) is 2.30. The van der Waals surface area contributed by atoms with Gasteiger partial charge in [0, 0.05) is 13.1 Å². The van der Waals surface area contributed by atoms with Gasteiger partial charge in [-0.3, -0.25) is 14.9 Å². The summed E-state index contributed by atoms with van der Waals surface area (Å²) in [4.78, 5) is 30.3. The molecule has 9 nitrogen and oxygen atoms in total. The van der Waals surface area contributed by atoms with Gasteiger partial charge in [-0.05, 0) is 0 Å². The second-order valence-electron chi connectivity index (χ2n) is 3.47. The maximum Gasteiger partial charge on any atom is 0.329 e. The Morgan fingerprint density at radius 1 is 1.59 bits per heavy atom. The van der Waals surface area contributed by atoms with Crippen molar-refractivity contribution in [2.75, 3.05) is 30.3 Å². The lowest BCUT2D eigenvalue weighted by atomic mass is 10.4. The number of aromatic nitrogens is 2. The van der Waals surface area contributed by atoms with Crippen molar-refractivity contribution in [3.8, 4) is 0 Å². The molecule has 1 aliphatic heterocycles. The minimum Gasteiger partial charge on any atom is -0.378 e. The molecule has 1 aliphatic rings. The summed E-state index contributed by atoms with van der Waals surface area (Å²) in [7, 11) is 0. The van der Waals surface area contributed by atoms with Gasteiger partial charge in [-0.25, -0.2) is 4.98 Å². The summed E-state index contributed by atoms with van der Waals surface area (Å²) >= 11 is 0. The number of hydrogen-bond acceptors (Lipinski definition) is 7. The van der Waals surface area contributed by atoms with E-state index in [2.05, 4.69) is 15.3 Å². The molecule has 2 rings (SSSR count). The summed E-state index contributed by atoms with van der Waals surface area (Å²) in [5.74, 6) is -0.120. The highest BCUT2D eigenvalue weighted by Crippen LogP contribution is 2.20. The van der Waals surface area contributed by atoms with Gasteiger partial charge >= 0.3 is 5.69 Å². The number of carbonyl (C=O) groups is 1. The molecule has 0 aliphatic carbocycles. The van der Waals surface area contributed by atoms with Crippen LogP contribution in [0.25, 0.3) is 0 Å². The zero-order valence-electron chi connectivity index (χ0n) is 8.79. The van der Waals surface area contributed by atoms with Crippen molar-refractivity contribution >= 4 is 23.4 Å². The number of carbonyl (C=O) groups excluding carboxylic acids is 1. The topological polar surface area (TPSA) is 127 Å². The first-order valence-corrected chi connectivity index (χ1v) is 4.86. The Hall–Kier alpha value is -2.45. The van der Waals surface area contributed by atoms with Crippen LogP contribution in [0.5, 0.6) is 0 Å². The van der Waals surface area contributed by atoms with Crippen LogP contribution in [0, 0.1) is 10.1 Å². The number of amides is 1. The Labute approximate surface area is 95.8 Å². The number of nitrogens with one attached hydrogen (secondary N) is 1. The standard InChI is InChI=1S/C8H10N6O3/c9-7-5(14(16)17)3-11-8(12-7)13-2-1-10-6(15)4-13/h3H,1-2,4H2,(H,10,15)(H2,9,11,12). The number of piperazine rings is 1. The van der Waals surface area contributed by atoms with E-state index in [0.29, 0.717) is 13.1 Å². The lowest BCUT2D eigenvalue weighted by molar-refractivity contribution is -0.384. The smallest absolute Gasteiger partial charge is 0.329 e. The molecule has 1 amide bonds. The fourth-order valence-electron chi connectivity index (χ4n) is 1.48. The van der Waals surface area contributed by atoms with Gasteiger partial charge in [0.25, 0.3) is 0 Å². The van der Waals surface area contributed by atoms with Crippen molar-refractivity contribution in [2.24, 2.45) is 0 Å². The average Bonchev–Trinajstić information content (AvgIpc) is 2.28. The molecular formula is C8H10N6O3. The summed E-state index contributed by atoms with van der Waals surface area (Å²) in [5.41, 5.74) is 5.11. The minimum absolute atomic E-state index is 0.122. The maximum absolute atomic E-state index is 11.2. The second kappa shape index (κ2) is 4.20. The fourth-order valence-corrected chi connectivity index (χ4v) is 1.48. The van der Waals surface area contributed by atoms with E-state index in [1.54, 1.807) is 4.90 Å². The summed E-state index contributed by atoms with van der Waals surface area (Å²) in [5, 5.41) is 13.2. The molecule has 0 saturated carbocycles. The van der Waals surface area contributed by atoms with E-state index in [1.165, 1.54) is 0 Å². The quantitative estimate of drug-likeness (QED) is 0.494. The highest BCUT2D eigenvalue weighted by Gasteiger charge is 2.21. The summed E-state index contributed by atoms with van der Waals surface area (Å²) in [6, 6.07) is 0. The Morgan fingerprint density at radius 3 is 2.94 bits per heavy atom. The summed E-state index contributed by atoms with van der Waals surface area (Å²) in [6.07, 6.45) is 1.05. The number of nitrogens with two attached hydrogens (primary N) is 1. The van der Waals surface area contributed by atoms with Crippen molar-refractivity contribution in [2.45, 2.75) is 0 Å². The van der Waals surface area contributed by atoms with E-state index in [1.807, 2.05) is 0 Å². The van der Waals surface area contributed by atoms with Crippen LogP contribution in [0.2, 0.25) is 0 Å². The van der Waals surface area contributed by atoms with Crippen LogP contribution in [0.4, 0.5) is 17.5 Å². The first-order valence-electron chi connectivity index (χ1n) is 4.86. The maximum atomic E-state index is 11.2. The molecular weight excluding hydrogens is 228 g/mol. The molecule has 1 aromatic rings. The number of nitro groups is 1. The zero-order valence-corrected chi connectivity index (χ0v) is 8.79. The lowest BCUT2D eigenvalue weighted by Gasteiger charge is -2.26. The van der Waals surface area contributed by atoms with Gasteiger partial charge in [-0.1, -0.05) is 0 Å². The van der Waals surface area contributed by atoms with E-state index in [-0.39, 0.29) is 29.9 Å². The van der Waals surface area contributed by atoms with Gasteiger partial charge in [0.1, 0.15) is 6.20 Å². The molecule has 17 heavy (non-hydrogen) atoms. The van der Waals surface area contributed by atoms with Crippen LogP contribution in [-0.4, -0.2) is 40.4 Å². The summed E-state index contributed by atoms with van der Waals surface area (Å²) in [6.45, 7) is 1.15. The van der Waals surface area contributed by atoms with E-state index >= 15 is 0 Å². The van der Waals surface area contributed by atoms with Crippen LogP contribution >= 0.6 is 0 Å². The molecule has 1 saturated heterocycles. The largest absolute Gasteiger partial charge is 0.378 e. The predicted molar refractivity (Wildman–Crippen MR) is 58.3 cm³/mol. The van der Waals surface area contributed by atoms with Gasteiger partial charge in [0.15, 0.2) is 0 Å². The fraction of sp³-hybridized carbons (Fsp3) is 0.375. The van der Waals surface area contributed by atoms with E-state index in [0.717, 1.165) is 6.20 Å². The average molecular weight is 238 g/mol. The molecule has 2 heterocycles. The highest BCUT2D eigenvalue weighted by molar-refractivity contribution is 5.82. The number of nitrogens with zero attached hydrogens (tertiary/aromatic N) is 4. The van der Waals surface area contributed by atoms with Crippen LogP contribution in [0.15, 0.2) is 6.20 Å². The number of hydrogen-bond donors (Lipinski definition) is 2. The Bertz CT molecular complexity index is 476. The van der Waals surface area contributed by atoms with Crippen LogP contribution in [0.3, 0.4) is 0 Å². The first kappa shape index (κ1) is 11.0. The molecule has 0 bridgehead atoms. The van der Waals surface area contributed by atoms with Crippen molar-refractivity contribution < 1.29 is 9.72 Å². The van der Waals surface area contributed by atoms with Crippen molar-refractivity contribution in [1.82, 2.24) is 15.3 Å². The second-order valence-corrected chi connectivity index (χ2v) is 3.47. The molecule has 0 atom stereocenters. The molecule has 90 valence electrons. The summed E-state index contributed by atoms with van der Waals surface area (Å²) < 4.78 is 0. The highest BCUT2D eigenvalue weighted by atomic mass is 16.6. The first-order chi connectivity index (χ1) is 8.08. The lowest BCUT2D eigenvalue weighted by Crippen LogP contribution is -2.48. The van der Waals surface area contributed by atoms with Crippen LogP contribution in [-0.2, 0) is 4.79 Å². The SMILES string of the molecule is Nc1nc(N2CCNC(=O)C2)ncc1[N+](=O)[O-]. The minimum atomic E-state index is -0.651. The number of nitrogen functional groups attached to an aromatic ring is 1. The normalized spacial score (nSPS) is 15.5. The van der Waals surface area contributed by atoms with E-state index in [9.17, 15) is 14.9 Å².